The molecule has 0 aliphatic carbocycles. The molecule has 2 N–H and O–H groups in total. The van der Waals surface area contributed by atoms with E-state index in [-0.39, 0.29) is 23.8 Å². The van der Waals surface area contributed by atoms with E-state index >= 15 is 0 Å². The Morgan fingerprint density at radius 2 is 1.80 bits per heavy atom. The number of rotatable bonds is 7. The highest BCUT2D eigenvalue weighted by molar-refractivity contribution is 7.89. The summed E-state index contributed by atoms with van der Waals surface area (Å²) in [7, 11) is -3.53. The van der Waals surface area contributed by atoms with E-state index in [9.17, 15) is 13.2 Å². The Kier molecular flexibility index (Phi) is 6.16. The SMILES string of the molecule is Cc1ccc(S(=O)(=O)NCCC(=O)NCC(C)C)cc1. The molecule has 0 spiro atoms. The van der Waals surface area contributed by atoms with Gasteiger partial charge in [0.2, 0.25) is 15.9 Å². The summed E-state index contributed by atoms with van der Waals surface area (Å²) in [5, 5.41) is 2.74. The van der Waals surface area contributed by atoms with E-state index in [1.165, 1.54) is 0 Å². The lowest BCUT2D eigenvalue weighted by molar-refractivity contribution is -0.121. The van der Waals surface area contributed by atoms with Gasteiger partial charge in [-0.15, -0.1) is 0 Å². The van der Waals surface area contributed by atoms with Gasteiger partial charge in [-0.3, -0.25) is 4.79 Å². The normalized spacial score (nSPS) is 11.6. The maximum absolute atomic E-state index is 11.9. The van der Waals surface area contributed by atoms with Crippen LogP contribution in [0.5, 0.6) is 0 Å². The summed E-state index contributed by atoms with van der Waals surface area (Å²) in [5.41, 5.74) is 0.997. The molecule has 0 unspecified atom stereocenters. The van der Waals surface area contributed by atoms with E-state index < -0.39 is 10.0 Å². The average molecular weight is 298 g/mol. The fraction of sp³-hybridized carbons (Fsp3) is 0.500. The molecule has 20 heavy (non-hydrogen) atoms. The lowest BCUT2D eigenvalue weighted by atomic mass is 10.2. The zero-order chi connectivity index (χ0) is 15.2. The zero-order valence-electron chi connectivity index (χ0n) is 12.1. The van der Waals surface area contributed by atoms with Crippen LogP contribution < -0.4 is 10.0 Å². The molecule has 1 aromatic rings. The minimum atomic E-state index is -3.53. The molecule has 0 radical (unpaired) electrons. The van der Waals surface area contributed by atoms with Crippen LogP contribution in [-0.2, 0) is 14.8 Å². The van der Waals surface area contributed by atoms with Crippen LogP contribution in [0, 0.1) is 12.8 Å². The summed E-state index contributed by atoms with van der Waals surface area (Å²) in [4.78, 5) is 11.7. The third-order valence-electron chi connectivity index (χ3n) is 2.68. The summed E-state index contributed by atoms with van der Waals surface area (Å²) in [6.45, 7) is 6.59. The van der Waals surface area contributed by atoms with E-state index in [4.69, 9.17) is 0 Å². The maximum atomic E-state index is 11.9. The Bertz CT molecular complexity index is 536. The molecule has 0 aliphatic heterocycles. The highest BCUT2D eigenvalue weighted by Gasteiger charge is 2.13. The molecule has 0 fully saturated rings. The van der Waals surface area contributed by atoms with Crippen molar-refractivity contribution in [1.82, 2.24) is 10.0 Å². The third-order valence-corrected chi connectivity index (χ3v) is 4.16. The summed E-state index contributed by atoms with van der Waals surface area (Å²) in [6, 6.07) is 6.58. The first kappa shape index (κ1) is 16.7. The molecule has 5 nitrogen and oxygen atoms in total. The molecule has 6 heteroatoms. The first-order valence-electron chi connectivity index (χ1n) is 6.64. The van der Waals surface area contributed by atoms with Crippen LogP contribution in [-0.4, -0.2) is 27.4 Å². The molecule has 1 rings (SSSR count). The van der Waals surface area contributed by atoms with Crippen molar-refractivity contribution in [2.45, 2.75) is 32.1 Å². The van der Waals surface area contributed by atoms with Gasteiger partial charge in [-0.1, -0.05) is 31.5 Å². The van der Waals surface area contributed by atoms with Crippen LogP contribution in [0.25, 0.3) is 0 Å². The molecule has 1 aromatic carbocycles. The van der Waals surface area contributed by atoms with Gasteiger partial charge in [0.25, 0.3) is 0 Å². The van der Waals surface area contributed by atoms with Gasteiger partial charge in [-0.05, 0) is 25.0 Å². The van der Waals surface area contributed by atoms with Gasteiger partial charge in [0, 0.05) is 19.5 Å². The Morgan fingerprint density at radius 1 is 1.20 bits per heavy atom. The van der Waals surface area contributed by atoms with E-state index in [0.717, 1.165) is 5.56 Å². The second-order valence-electron chi connectivity index (χ2n) is 5.16. The number of nitrogens with one attached hydrogen (secondary N) is 2. The van der Waals surface area contributed by atoms with Crippen LogP contribution >= 0.6 is 0 Å². The monoisotopic (exact) mass is 298 g/mol. The number of carbonyl (C=O) groups excluding carboxylic acids is 1. The van der Waals surface area contributed by atoms with Crippen molar-refractivity contribution in [3.63, 3.8) is 0 Å². The van der Waals surface area contributed by atoms with Gasteiger partial charge >= 0.3 is 0 Å². The van der Waals surface area contributed by atoms with Gasteiger partial charge < -0.3 is 5.32 Å². The quantitative estimate of drug-likeness (QED) is 0.799. The molecule has 0 heterocycles. The summed E-state index contributed by atoms with van der Waals surface area (Å²) in [5.74, 6) is 0.230. The Labute approximate surface area is 120 Å². The predicted molar refractivity (Wildman–Crippen MR) is 78.8 cm³/mol. The number of hydrogen-bond acceptors (Lipinski definition) is 3. The highest BCUT2D eigenvalue weighted by Crippen LogP contribution is 2.09. The molecular formula is C14H22N2O3S. The first-order chi connectivity index (χ1) is 9.31. The first-order valence-corrected chi connectivity index (χ1v) is 8.12. The van der Waals surface area contributed by atoms with Crippen molar-refractivity contribution >= 4 is 15.9 Å². The van der Waals surface area contributed by atoms with E-state index in [0.29, 0.717) is 12.5 Å². The fourth-order valence-corrected chi connectivity index (χ4v) is 2.54. The van der Waals surface area contributed by atoms with Crippen molar-refractivity contribution in [3.8, 4) is 0 Å². The molecule has 1 amide bonds. The molecular weight excluding hydrogens is 276 g/mol. The molecule has 0 saturated heterocycles. The van der Waals surface area contributed by atoms with Gasteiger partial charge in [0.1, 0.15) is 0 Å². The minimum absolute atomic E-state index is 0.0974. The number of carbonyl (C=O) groups is 1. The summed E-state index contributed by atoms with van der Waals surface area (Å²) >= 11 is 0. The van der Waals surface area contributed by atoms with Crippen LogP contribution in [0.2, 0.25) is 0 Å². The van der Waals surface area contributed by atoms with Gasteiger partial charge in [-0.2, -0.15) is 0 Å². The zero-order valence-corrected chi connectivity index (χ0v) is 13.0. The van der Waals surface area contributed by atoms with Gasteiger partial charge in [0.15, 0.2) is 0 Å². The lowest BCUT2D eigenvalue weighted by Gasteiger charge is -2.09. The molecule has 0 bridgehead atoms. The Balaban J connectivity index is 2.44. The Hall–Kier alpha value is -1.40. The molecule has 0 saturated carbocycles. The van der Waals surface area contributed by atoms with Crippen LogP contribution in [0.4, 0.5) is 0 Å². The number of aryl methyl sites for hydroxylation is 1. The largest absolute Gasteiger partial charge is 0.356 e. The second-order valence-corrected chi connectivity index (χ2v) is 6.93. The average Bonchev–Trinajstić information content (AvgIpc) is 2.36. The van der Waals surface area contributed by atoms with E-state index in [1.807, 2.05) is 20.8 Å². The van der Waals surface area contributed by atoms with E-state index in [2.05, 4.69) is 10.0 Å². The third kappa shape index (κ3) is 5.71. The number of sulfonamides is 1. The number of benzene rings is 1. The maximum Gasteiger partial charge on any atom is 0.240 e. The topological polar surface area (TPSA) is 75.3 Å². The fourth-order valence-electron chi connectivity index (χ4n) is 1.51. The summed E-state index contributed by atoms with van der Waals surface area (Å²) < 4.78 is 26.3. The van der Waals surface area contributed by atoms with Gasteiger partial charge in [0.05, 0.1) is 4.90 Å². The standard InChI is InChI=1S/C14H22N2O3S/c1-11(2)10-15-14(17)8-9-16-20(18,19)13-6-4-12(3)5-7-13/h4-7,11,16H,8-10H2,1-3H3,(H,15,17). The second kappa shape index (κ2) is 7.40. The smallest absolute Gasteiger partial charge is 0.240 e. The van der Waals surface area contributed by atoms with Crippen LogP contribution in [0.1, 0.15) is 25.8 Å². The van der Waals surface area contributed by atoms with E-state index in [1.54, 1.807) is 24.3 Å². The summed E-state index contributed by atoms with van der Waals surface area (Å²) in [6.07, 6.45) is 0.137. The highest BCUT2D eigenvalue weighted by atomic mass is 32.2. The molecule has 112 valence electrons. The lowest BCUT2D eigenvalue weighted by Crippen LogP contribution is -2.32. The van der Waals surface area contributed by atoms with Crippen molar-refractivity contribution in [2.75, 3.05) is 13.1 Å². The van der Waals surface area contributed by atoms with Crippen molar-refractivity contribution in [2.24, 2.45) is 5.92 Å². The Morgan fingerprint density at radius 3 is 2.35 bits per heavy atom. The van der Waals surface area contributed by atoms with Gasteiger partial charge in [-0.25, -0.2) is 13.1 Å². The molecule has 0 aromatic heterocycles. The van der Waals surface area contributed by atoms with Crippen molar-refractivity contribution in [1.29, 1.82) is 0 Å². The van der Waals surface area contributed by atoms with Crippen molar-refractivity contribution in [3.05, 3.63) is 29.8 Å². The molecule has 0 aliphatic rings. The van der Waals surface area contributed by atoms with Crippen LogP contribution in [0.15, 0.2) is 29.2 Å². The number of hydrogen-bond donors (Lipinski definition) is 2. The molecule has 0 atom stereocenters. The van der Waals surface area contributed by atoms with Crippen molar-refractivity contribution < 1.29 is 13.2 Å². The number of amides is 1. The minimum Gasteiger partial charge on any atom is -0.356 e. The predicted octanol–water partition coefficient (Wildman–Crippen LogP) is 1.44. The van der Waals surface area contributed by atoms with Crippen LogP contribution in [0.3, 0.4) is 0 Å².